The summed E-state index contributed by atoms with van der Waals surface area (Å²) >= 11 is 1.70. The van der Waals surface area contributed by atoms with Crippen molar-refractivity contribution in [2.75, 3.05) is 32.7 Å². The number of aryl methyl sites for hydroxylation is 2. The van der Waals surface area contributed by atoms with Crippen LogP contribution in [0, 0.1) is 18.8 Å². The van der Waals surface area contributed by atoms with Gasteiger partial charge >= 0.3 is 5.97 Å². The Bertz CT molecular complexity index is 1260. The molecule has 38 heavy (non-hydrogen) atoms. The summed E-state index contributed by atoms with van der Waals surface area (Å²) in [7, 11) is 0. The van der Waals surface area contributed by atoms with Crippen molar-refractivity contribution in [3.05, 3.63) is 52.3 Å². The van der Waals surface area contributed by atoms with E-state index in [1.165, 1.54) is 36.1 Å². The molecule has 0 unspecified atom stereocenters. The average Bonchev–Trinajstić information content (AvgIpc) is 3.58. The van der Waals surface area contributed by atoms with Crippen LogP contribution in [0.4, 0.5) is 0 Å². The summed E-state index contributed by atoms with van der Waals surface area (Å²) in [5, 5.41) is 16.1. The number of imidazole rings is 1. The molecule has 0 bridgehead atoms. The Morgan fingerprint density at radius 3 is 2.68 bits per heavy atom. The van der Waals surface area contributed by atoms with Gasteiger partial charge in [-0.15, -0.1) is 0 Å². The lowest BCUT2D eigenvalue weighted by Crippen LogP contribution is -2.43. The summed E-state index contributed by atoms with van der Waals surface area (Å²) in [5.41, 5.74) is 3.92. The minimum atomic E-state index is -0.637. The maximum absolute atomic E-state index is 12.4. The molecule has 0 radical (unpaired) electrons. The first-order valence-electron chi connectivity index (χ1n) is 14.6. The van der Waals surface area contributed by atoms with Crippen LogP contribution in [-0.4, -0.2) is 74.2 Å². The van der Waals surface area contributed by atoms with Crippen molar-refractivity contribution in [1.29, 1.82) is 0 Å². The van der Waals surface area contributed by atoms with Crippen LogP contribution in [0.2, 0.25) is 0 Å². The fraction of sp³-hybridized carbons (Fsp3) is 0.633. The number of hydrogen-bond acceptors (Lipinski definition) is 6. The van der Waals surface area contributed by atoms with E-state index in [1.54, 1.807) is 11.3 Å². The van der Waals surface area contributed by atoms with E-state index in [-0.39, 0.29) is 6.04 Å². The first-order valence-corrected chi connectivity index (χ1v) is 15.4. The summed E-state index contributed by atoms with van der Waals surface area (Å²) in [4.78, 5) is 22.9. The fourth-order valence-corrected chi connectivity index (χ4v) is 7.80. The highest BCUT2D eigenvalue weighted by molar-refractivity contribution is 7.16. The van der Waals surface area contributed by atoms with Gasteiger partial charge in [0.1, 0.15) is 11.0 Å². The molecule has 3 aromatic rings. The lowest BCUT2D eigenvalue weighted by Gasteiger charge is -2.34. The van der Waals surface area contributed by atoms with Crippen LogP contribution in [0.25, 0.3) is 4.96 Å². The number of nitrogens with zero attached hydrogens (tertiary/aromatic N) is 5. The summed E-state index contributed by atoms with van der Waals surface area (Å²) in [5.74, 6) is 1.28. The number of fused-ring (bicyclic) bond motifs is 1. The second kappa shape index (κ2) is 11.1. The van der Waals surface area contributed by atoms with Gasteiger partial charge in [0.15, 0.2) is 0 Å². The predicted octanol–water partition coefficient (Wildman–Crippen LogP) is 5.20. The third-order valence-electron chi connectivity index (χ3n) is 9.40. The lowest BCUT2D eigenvalue weighted by molar-refractivity contribution is -0.144. The first-order chi connectivity index (χ1) is 18.5. The van der Waals surface area contributed by atoms with Gasteiger partial charge in [-0.3, -0.25) is 9.69 Å². The maximum atomic E-state index is 12.4. The molecule has 1 aliphatic carbocycles. The van der Waals surface area contributed by atoms with E-state index in [2.05, 4.69) is 57.4 Å². The molecule has 0 spiro atoms. The van der Waals surface area contributed by atoms with Gasteiger partial charge in [0.2, 0.25) is 4.96 Å². The van der Waals surface area contributed by atoms with Gasteiger partial charge in [-0.2, -0.15) is 5.10 Å². The molecule has 7 nitrogen and oxygen atoms in total. The van der Waals surface area contributed by atoms with Gasteiger partial charge in [-0.1, -0.05) is 67.4 Å². The van der Waals surface area contributed by atoms with E-state index in [4.69, 9.17) is 5.10 Å². The second-order valence-corrected chi connectivity index (χ2v) is 13.0. The summed E-state index contributed by atoms with van der Waals surface area (Å²) < 4.78 is 2.08. The molecular formula is C30H41N5O2S. The third kappa shape index (κ3) is 5.27. The zero-order valence-electron chi connectivity index (χ0n) is 22.8. The molecule has 3 aliphatic rings. The van der Waals surface area contributed by atoms with E-state index in [9.17, 15) is 9.90 Å². The number of carboxylic acid groups (broad SMARTS) is 1. The lowest BCUT2D eigenvalue weighted by atomic mass is 9.80. The second-order valence-electron chi connectivity index (χ2n) is 11.9. The highest BCUT2D eigenvalue weighted by Gasteiger charge is 2.41. The Hall–Kier alpha value is -2.29. The van der Waals surface area contributed by atoms with Gasteiger partial charge in [0.25, 0.3) is 0 Å². The number of carboxylic acids is 1. The number of piperidine rings is 1. The van der Waals surface area contributed by atoms with Crippen molar-refractivity contribution in [3.63, 3.8) is 0 Å². The van der Waals surface area contributed by atoms with Gasteiger partial charge in [0.05, 0.1) is 11.9 Å². The third-order valence-corrected chi connectivity index (χ3v) is 10.5. The monoisotopic (exact) mass is 535 g/mol. The van der Waals surface area contributed by atoms with Crippen LogP contribution in [0.5, 0.6) is 0 Å². The van der Waals surface area contributed by atoms with Gasteiger partial charge < -0.3 is 10.0 Å². The minimum Gasteiger partial charge on any atom is -0.480 e. The number of hydrogen-bond donors (Lipinski definition) is 1. The van der Waals surface area contributed by atoms with E-state index < -0.39 is 5.97 Å². The first kappa shape index (κ1) is 26.0. The number of benzene rings is 1. The molecule has 3 fully saturated rings. The van der Waals surface area contributed by atoms with Crippen LogP contribution < -0.4 is 0 Å². The molecule has 204 valence electrons. The van der Waals surface area contributed by atoms with E-state index in [1.807, 2.05) is 6.20 Å². The van der Waals surface area contributed by atoms with Crippen LogP contribution in [0.1, 0.15) is 79.1 Å². The molecule has 1 aromatic carbocycles. The maximum Gasteiger partial charge on any atom is 0.320 e. The quantitative estimate of drug-likeness (QED) is 0.406. The van der Waals surface area contributed by atoms with Crippen molar-refractivity contribution in [3.8, 4) is 0 Å². The Morgan fingerprint density at radius 1 is 1.18 bits per heavy atom. The molecule has 6 rings (SSSR count). The molecule has 2 aromatic heterocycles. The zero-order chi connectivity index (χ0) is 26.2. The van der Waals surface area contributed by atoms with Gasteiger partial charge in [-0.25, -0.2) is 9.50 Å². The zero-order valence-corrected chi connectivity index (χ0v) is 23.6. The molecule has 2 saturated heterocycles. The molecule has 8 heteroatoms. The minimum absolute atomic E-state index is 0.348. The van der Waals surface area contributed by atoms with Crippen LogP contribution in [0.15, 0.2) is 30.5 Å². The summed E-state index contributed by atoms with van der Waals surface area (Å²) in [6.45, 7) is 9.22. The SMILES string of the molecule is CCc1nn2c(C3CCN(C[C@H]4CN([C@H](CC5CCC5)C(=O)O)C[C@@H]4c4cccc(C)c4)CC3)cnc2s1. The van der Waals surface area contributed by atoms with Crippen molar-refractivity contribution in [2.45, 2.75) is 76.7 Å². The standard InChI is InChI=1S/C30H41N5O2S/c1-3-28-32-35-27(16-31-30(35)38-28)22-10-12-33(13-11-22)17-24-18-34(26(29(36)37)15-21-7-5-8-21)19-25(24)23-9-4-6-20(2)14-23/h4,6,9,14,16,21-22,24-26H,3,5,7-8,10-13,15,17-19H2,1-2H3,(H,36,37)/t24-,25+,26+/m0/s1. The normalized spacial score (nSPS) is 24.7. The van der Waals surface area contributed by atoms with Crippen molar-refractivity contribution in [2.24, 2.45) is 11.8 Å². The molecule has 2 aliphatic heterocycles. The van der Waals surface area contributed by atoms with Crippen LogP contribution in [-0.2, 0) is 11.2 Å². The molecule has 4 heterocycles. The highest BCUT2D eigenvalue weighted by atomic mass is 32.1. The molecular weight excluding hydrogens is 494 g/mol. The number of aliphatic carboxylic acids is 1. The number of rotatable bonds is 9. The van der Waals surface area contributed by atoms with E-state index in [0.717, 1.165) is 68.4 Å². The fourth-order valence-electron chi connectivity index (χ4n) is 6.99. The van der Waals surface area contributed by atoms with Crippen molar-refractivity contribution >= 4 is 22.3 Å². The van der Waals surface area contributed by atoms with Crippen molar-refractivity contribution in [1.82, 2.24) is 24.4 Å². The van der Waals surface area contributed by atoms with Crippen LogP contribution in [0.3, 0.4) is 0 Å². The molecule has 1 saturated carbocycles. The largest absolute Gasteiger partial charge is 0.480 e. The number of carbonyl (C=O) groups is 1. The smallest absolute Gasteiger partial charge is 0.320 e. The Labute approximate surface area is 229 Å². The molecule has 1 N–H and O–H groups in total. The highest BCUT2D eigenvalue weighted by Crippen LogP contribution is 2.39. The predicted molar refractivity (Wildman–Crippen MR) is 151 cm³/mol. The average molecular weight is 536 g/mol. The molecule has 3 atom stereocenters. The number of likely N-dealkylation sites (tertiary alicyclic amines) is 2. The van der Waals surface area contributed by atoms with Crippen molar-refractivity contribution < 1.29 is 9.90 Å². The van der Waals surface area contributed by atoms with Gasteiger partial charge in [-0.05, 0) is 63.1 Å². The summed E-state index contributed by atoms with van der Waals surface area (Å²) in [6.07, 6.45) is 9.70. The Kier molecular flexibility index (Phi) is 7.56. The number of aromatic nitrogens is 3. The van der Waals surface area contributed by atoms with E-state index >= 15 is 0 Å². The molecule has 0 amide bonds. The van der Waals surface area contributed by atoms with Crippen LogP contribution >= 0.6 is 11.3 Å². The Balaban J connectivity index is 1.14. The van der Waals surface area contributed by atoms with Gasteiger partial charge in [0, 0.05) is 31.5 Å². The summed E-state index contributed by atoms with van der Waals surface area (Å²) in [6, 6.07) is 8.54. The van der Waals surface area contributed by atoms with E-state index in [0.29, 0.717) is 23.7 Å². The topological polar surface area (TPSA) is 74.0 Å². The Morgan fingerprint density at radius 2 is 2.00 bits per heavy atom.